The van der Waals surface area contributed by atoms with Gasteiger partial charge in [-0.15, -0.1) is 0 Å². The largest absolute Gasteiger partial charge is 0.252 e. The smallest absolute Gasteiger partial charge is 0.0987 e. The summed E-state index contributed by atoms with van der Waals surface area (Å²) in [6.07, 6.45) is 3.35. The van der Waals surface area contributed by atoms with E-state index in [9.17, 15) is 0 Å². The van der Waals surface area contributed by atoms with Crippen LogP contribution in [0.25, 0.3) is 33.3 Å². The quantitative estimate of drug-likeness (QED) is 0.468. The number of rotatable bonds is 0. The van der Waals surface area contributed by atoms with Gasteiger partial charge >= 0.3 is 0 Å². The Morgan fingerprint density at radius 2 is 1.22 bits per heavy atom. The van der Waals surface area contributed by atoms with Gasteiger partial charge < -0.3 is 0 Å². The molecule has 1 aliphatic carbocycles. The molecular weight excluding hydrogens is 267 g/mol. The zero-order chi connectivity index (χ0) is 12.3. The van der Waals surface area contributed by atoms with E-state index in [1.54, 1.807) is 12.4 Å². The van der Waals surface area contributed by atoms with Gasteiger partial charge in [0.25, 0.3) is 0 Å². The molecule has 0 amide bonds. The molecule has 86 valence electrons. The predicted molar refractivity (Wildman–Crippen MR) is 74.0 cm³/mol. The number of halogens is 2. The summed E-state index contributed by atoms with van der Waals surface area (Å²) in [5, 5.41) is 3.53. The molecule has 2 aromatic carbocycles. The van der Waals surface area contributed by atoms with Crippen molar-refractivity contribution in [3.8, 4) is 22.5 Å². The van der Waals surface area contributed by atoms with Crippen LogP contribution >= 0.6 is 23.2 Å². The van der Waals surface area contributed by atoms with Gasteiger partial charge in [-0.25, -0.2) is 0 Å². The molecule has 0 aliphatic heterocycles. The molecule has 0 atom stereocenters. The second-order valence-electron chi connectivity index (χ2n) is 4.20. The third-order valence-electron chi connectivity index (χ3n) is 3.26. The number of hydrogen-bond donors (Lipinski definition) is 0. The average molecular weight is 273 g/mol. The van der Waals surface area contributed by atoms with Crippen LogP contribution in [0.15, 0.2) is 36.7 Å². The molecule has 4 heteroatoms. The molecule has 0 radical (unpaired) electrons. The van der Waals surface area contributed by atoms with Gasteiger partial charge in [-0.05, 0) is 17.5 Å². The number of benzene rings is 2. The maximum absolute atomic E-state index is 6.31. The first-order valence-electron chi connectivity index (χ1n) is 5.50. The van der Waals surface area contributed by atoms with Crippen LogP contribution in [0.4, 0.5) is 0 Å². The first kappa shape index (κ1) is 10.3. The first-order valence-corrected chi connectivity index (χ1v) is 6.25. The molecule has 3 aromatic rings. The molecule has 1 heterocycles. The maximum atomic E-state index is 6.31. The summed E-state index contributed by atoms with van der Waals surface area (Å²) in [6, 6.07) is 7.77. The van der Waals surface area contributed by atoms with Crippen molar-refractivity contribution < 1.29 is 0 Å². The maximum Gasteiger partial charge on any atom is 0.0987 e. The summed E-state index contributed by atoms with van der Waals surface area (Å²) in [4.78, 5) is 8.79. The van der Waals surface area contributed by atoms with Crippen molar-refractivity contribution in [2.24, 2.45) is 0 Å². The number of fused-ring (bicyclic) bond motifs is 3. The van der Waals surface area contributed by atoms with Crippen LogP contribution in [0.1, 0.15) is 0 Å². The fraction of sp³-hybridized carbons (Fsp3) is 0. The Labute approximate surface area is 113 Å². The summed E-state index contributed by atoms with van der Waals surface area (Å²) >= 11 is 12.6. The topological polar surface area (TPSA) is 25.8 Å². The van der Waals surface area contributed by atoms with Crippen molar-refractivity contribution in [1.29, 1.82) is 0 Å². The molecule has 0 fully saturated rings. The molecule has 0 bridgehead atoms. The van der Waals surface area contributed by atoms with Gasteiger partial charge in [0.15, 0.2) is 0 Å². The summed E-state index contributed by atoms with van der Waals surface area (Å²) in [7, 11) is 0. The van der Waals surface area contributed by atoms with Gasteiger partial charge in [0.2, 0.25) is 0 Å². The van der Waals surface area contributed by atoms with Crippen LogP contribution < -0.4 is 0 Å². The Bertz CT molecular complexity index is 748. The van der Waals surface area contributed by atoms with E-state index in [2.05, 4.69) is 9.97 Å². The van der Waals surface area contributed by atoms with E-state index >= 15 is 0 Å². The molecule has 2 nitrogen and oxygen atoms in total. The highest BCUT2D eigenvalue weighted by atomic mass is 35.5. The third-order valence-corrected chi connectivity index (χ3v) is 3.89. The second kappa shape index (κ2) is 3.44. The van der Waals surface area contributed by atoms with Crippen molar-refractivity contribution in [1.82, 2.24) is 9.97 Å². The molecule has 18 heavy (non-hydrogen) atoms. The minimum absolute atomic E-state index is 0.685. The van der Waals surface area contributed by atoms with Crippen LogP contribution in [0.3, 0.4) is 0 Å². The molecule has 1 aromatic heterocycles. The number of hydrogen-bond acceptors (Lipinski definition) is 2. The predicted octanol–water partition coefficient (Wildman–Crippen LogP) is 4.58. The van der Waals surface area contributed by atoms with E-state index in [0.29, 0.717) is 10.0 Å². The first-order chi connectivity index (χ1) is 8.77. The standard InChI is InChI=1S/C14H6Cl2N2/c15-8-3-1-7-2-4-9(16)12-10(7)11(8)13-14(12)18-6-5-17-13/h1-6H. The summed E-state index contributed by atoms with van der Waals surface area (Å²) in [6.45, 7) is 0. The summed E-state index contributed by atoms with van der Waals surface area (Å²) < 4.78 is 0. The highest BCUT2D eigenvalue weighted by Crippen LogP contribution is 2.50. The average Bonchev–Trinajstić information content (AvgIpc) is 2.74. The lowest BCUT2D eigenvalue weighted by Gasteiger charge is -2.04. The monoisotopic (exact) mass is 272 g/mol. The molecule has 0 N–H and O–H groups in total. The van der Waals surface area contributed by atoms with E-state index in [1.165, 1.54) is 0 Å². The minimum Gasteiger partial charge on any atom is -0.252 e. The zero-order valence-electron chi connectivity index (χ0n) is 9.11. The van der Waals surface area contributed by atoms with E-state index in [4.69, 9.17) is 23.2 Å². The van der Waals surface area contributed by atoms with Crippen molar-refractivity contribution in [2.45, 2.75) is 0 Å². The van der Waals surface area contributed by atoms with Crippen molar-refractivity contribution in [3.05, 3.63) is 46.7 Å². The van der Waals surface area contributed by atoms with E-state index in [1.807, 2.05) is 24.3 Å². The lowest BCUT2D eigenvalue weighted by atomic mass is 10.0. The Hall–Kier alpha value is -1.64. The highest BCUT2D eigenvalue weighted by molar-refractivity contribution is 6.40. The minimum atomic E-state index is 0.685. The van der Waals surface area contributed by atoms with Gasteiger partial charge in [-0.1, -0.05) is 35.3 Å². The van der Waals surface area contributed by atoms with E-state index in [-0.39, 0.29) is 0 Å². The normalized spacial score (nSPS) is 11.9. The molecule has 1 aliphatic rings. The van der Waals surface area contributed by atoms with Gasteiger partial charge in [0.05, 0.1) is 21.4 Å². The van der Waals surface area contributed by atoms with Crippen LogP contribution in [0, 0.1) is 0 Å². The van der Waals surface area contributed by atoms with Crippen LogP contribution in [-0.4, -0.2) is 9.97 Å². The highest BCUT2D eigenvalue weighted by Gasteiger charge is 2.27. The Balaban J connectivity index is 2.34. The second-order valence-corrected chi connectivity index (χ2v) is 5.01. The van der Waals surface area contributed by atoms with Gasteiger partial charge in [-0.3, -0.25) is 9.97 Å². The molecule has 0 spiro atoms. The van der Waals surface area contributed by atoms with E-state index < -0.39 is 0 Å². The molecule has 0 unspecified atom stereocenters. The van der Waals surface area contributed by atoms with Crippen LogP contribution in [0.5, 0.6) is 0 Å². The zero-order valence-corrected chi connectivity index (χ0v) is 10.6. The molecule has 4 rings (SSSR count). The molecule has 0 saturated carbocycles. The van der Waals surface area contributed by atoms with Gasteiger partial charge in [-0.2, -0.15) is 0 Å². The Kier molecular flexibility index (Phi) is 1.97. The molecular formula is C14H6Cl2N2. The van der Waals surface area contributed by atoms with Gasteiger partial charge in [0.1, 0.15) is 0 Å². The Morgan fingerprint density at radius 1 is 0.722 bits per heavy atom. The lowest BCUT2D eigenvalue weighted by molar-refractivity contribution is 1.23. The third kappa shape index (κ3) is 1.14. The number of nitrogens with zero attached hydrogens (tertiary/aromatic N) is 2. The lowest BCUT2D eigenvalue weighted by Crippen LogP contribution is -1.85. The van der Waals surface area contributed by atoms with Crippen molar-refractivity contribution in [2.75, 3.05) is 0 Å². The summed E-state index contributed by atoms with van der Waals surface area (Å²) in [5.74, 6) is 0. The number of aromatic nitrogens is 2. The fourth-order valence-electron chi connectivity index (χ4n) is 2.53. The van der Waals surface area contributed by atoms with E-state index in [0.717, 1.165) is 33.3 Å². The summed E-state index contributed by atoms with van der Waals surface area (Å²) in [5.41, 5.74) is 3.51. The molecule has 0 saturated heterocycles. The van der Waals surface area contributed by atoms with Crippen LogP contribution in [0.2, 0.25) is 10.0 Å². The van der Waals surface area contributed by atoms with Crippen LogP contribution in [-0.2, 0) is 0 Å². The van der Waals surface area contributed by atoms with Crippen molar-refractivity contribution in [3.63, 3.8) is 0 Å². The fourth-order valence-corrected chi connectivity index (χ4v) is 3.03. The Morgan fingerprint density at radius 3 is 1.72 bits per heavy atom. The SMILES string of the molecule is Clc1ccc2ccc(Cl)c3c2c1-c1nccnc1-3. The van der Waals surface area contributed by atoms with Crippen molar-refractivity contribution >= 4 is 34.0 Å². The van der Waals surface area contributed by atoms with Gasteiger partial charge in [0, 0.05) is 28.9 Å².